The number of rotatable bonds is 5. The Kier molecular flexibility index (Phi) is 5.16. The zero-order valence-corrected chi connectivity index (χ0v) is 15.0. The number of thiophene rings is 1. The van der Waals surface area contributed by atoms with Gasteiger partial charge in [0.15, 0.2) is 0 Å². The second-order valence-corrected chi connectivity index (χ2v) is 8.10. The van der Waals surface area contributed by atoms with E-state index in [2.05, 4.69) is 29.4 Å². The minimum Gasteiger partial charge on any atom is -0.306 e. The van der Waals surface area contributed by atoms with Crippen LogP contribution in [0, 0.1) is 6.92 Å². The summed E-state index contributed by atoms with van der Waals surface area (Å²) in [6, 6.07) is 9.98. The average Bonchev–Trinajstić information content (AvgIpc) is 3.12. The molecule has 0 atom stereocenters. The molecule has 2 heterocycles. The molecule has 0 spiro atoms. The fourth-order valence-corrected chi connectivity index (χ4v) is 4.19. The summed E-state index contributed by atoms with van der Waals surface area (Å²) in [5, 5.41) is 5.64. The Bertz CT molecular complexity index is 780. The molecule has 0 fully saturated rings. The van der Waals surface area contributed by atoms with Crippen molar-refractivity contribution in [1.82, 2.24) is 10.3 Å². The van der Waals surface area contributed by atoms with Gasteiger partial charge in [-0.2, -0.15) is 0 Å². The summed E-state index contributed by atoms with van der Waals surface area (Å²) in [5.74, 6) is 0. The van der Waals surface area contributed by atoms with Crippen LogP contribution in [0.1, 0.15) is 15.4 Å². The first kappa shape index (κ1) is 16.0. The Morgan fingerprint density at radius 2 is 1.86 bits per heavy atom. The summed E-state index contributed by atoms with van der Waals surface area (Å²) in [6.45, 7) is 3.61. The third-order valence-electron chi connectivity index (χ3n) is 3.13. The Balaban J connectivity index is 1.58. The highest BCUT2D eigenvalue weighted by Crippen LogP contribution is 2.32. The predicted molar refractivity (Wildman–Crippen MR) is 97.2 cm³/mol. The molecule has 3 aromatic rings. The van der Waals surface area contributed by atoms with E-state index in [1.165, 1.54) is 14.6 Å². The maximum absolute atomic E-state index is 6.01. The van der Waals surface area contributed by atoms with Gasteiger partial charge >= 0.3 is 0 Å². The van der Waals surface area contributed by atoms with Crippen molar-refractivity contribution in [2.45, 2.75) is 20.0 Å². The van der Waals surface area contributed by atoms with Crippen LogP contribution in [0.3, 0.4) is 0 Å². The summed E-state index contributed by atoms with van der Waals surface area (Å²) in [4.78, 5) is 8.31. The van der Waals surface area contributed by atoms with Gasteiger partial charge in [-0.15, -0.1) is 22.7 Å². The number of thiazole rings is 1. The fourth-order valence-electron chi connectivity index (χ4n) is 2.04. The van der Waals surface area contributed by atoms with E-state index < -0.39 is 0 Å². The highest BCUT2D eigenvalue weighted by atomic mass is 35.5. The summed E-state index contributed by atoms with van der Waals surface area (Å²) in [7, 11) is 0. The number of aromatic nitrogens is 1. The first-order chi connectivity index (χ1) is 10.6. The molecule has 0 saturated carbocycles. The monoisotopic (exact) mass is 368 g/mol. The van der Waals surface area contributed by atoms with Gasteiger partial charge in [-0.25, -0.2) is 4.98 Å². The van der Waals surface area contributed by atoms with Crippen LogP contribution >= 0.6 is 45.9 Å². The number of nitrogens with zero attached hydrogens (tertiary/aromatic N) is 1. The Labute approximate surface area is 147 Å². The van der Waals surface area contributed by atoms with Crippen LogP contribution in [0.15, 0.2) is 36.5 Å². The normalized spacial score (nSPS) is 11.0. The van der Waals surface area contributed by atoms with E-state index in [1.807, 2.05) is 24.4 Å². The minimum atomic E-state index is 0.584. The SMILES string of the molecule is Cc1ccc(-c2cnc(CNCc3ccc(Cl)c(Cl)c3)s2)s1. The van der Waals surface area contributed by atoms with E-state index in [9.17, 15) is 0 Å². The second kappa shape index (κ2) is 7.11. The highest BCUT2D eigenvalue weighted by Gasteiger charge is 2.06. The van der Waals surface area contributed by atoms with Gasteiger partial charge in [0.25, 0.3) is 0 Å². The third kappa shape index (κ3) is 3.89. The van der Waals surface area contributed by atoms with Crippen LogP contribution in [0.5, 0.6) is 0 Å². The molecule has 0 amide bonds. The molecule has 0 aliphatic rings. The first-order valence-electron chi connectivity index (χ1n) is 6.78. The van der Waals surface area contributed by atoms with Crippen molar-refractivity contribution < 1.29 is 0 Å². The van der Waals surface area contributed by atoms with E-state index in [-0.39, 0.29) is 0 Å². The van der Waals surface area contributed by atoms with Crippen LogP contribution < -0.4 is 5.32 Å². The molecule has 114 valence electrons. The highest BCUT2D eigenvalue weighted by molar-refractivity contribution is 7.21. The number of hydrogen-bond donors (Lipinski definition) is 1. The predicted octanol–water partition coefficient (Wildman–Crippen LogP) is 5.78. The molecule has 0 unspecified atom stereocenters. The van der Waals surface area contributed by atoms with Crippen LogP contribution in [-0.2, 0) is 13.1 Å². The van der Waals surface area contributed by atoms with Gasteiger partial charge in [-0.3, -0.25) is 0 Å². The maximum Gasteiger partial charge on any atom is 0.107 e. The second-order valence-electron chi connectivity index (χ2n) is 4.88. The largest absolute Gasteiger partial charge is 0.306 e. The van der Waals surface area contributed by atoms with Crippen molar-refractivity contribution in [2.75, 3.05) is 0 Å². The van der Waals surface area contributed by atoms with Gasteiger partial charge in [0, 0.05) is 29.0 Å². The van der Waals surface area contributed by atoms with Crippen molar-refractivity contribution in [1.29, 1.82) is 0 Å². The minimum absolute atomic E-state index is 0.584. The maximum atomic E-state index is 6.01. The zero-order valence-electron chi connectivity index (χ0n) is 11.9. The van der Waals surface area contributed by atoms with Crippen molar-refractivity contribution >= 4 is 45.9 Å². The Morgan fingerprint density at radius 1 is 1.00 bits per heavy atom. The standard InChI is InChI=1S/C16H14Cl2N2S2/c1-10-2-5-14(21-10)15-8-20-16(22-15)9-19-7-11-3-4-12(17)13(18)6-11/h2-6,8,19H,7,9H2,1H3. The summed E-state index contributed by atoms with van der Waals surface area (Å²) in [5.41, 5.74) is 1.11. The van der Waals surface area contributed by atoms with Gasteiger partial charge < -0.3 is 5.32 Å². The molecule has 0 radical (unpaired) electrons. The van der Waals surface area contributed by atoms with E-state index in [0.717, 1.165) is 23.7 Å². The lowest BCUT2D eigenvalue weighted by molar-refractivity contribution is 0.690. The molecule has 2 aromatic heterocycles. The van der Waals surface area contributed by atoms with E-state index in [4.69, 9.17) is 23.2 Å². The van der Waals surface area contributed by atoms with Crippen molar-refractivity contribution in [3.8, 4) is 9.75 Å². The molecule has 0 aliphatic heterocycles. The number of nitrogens with one attached hydrogen (secondary N) is 1. The molecular weight excluding hydrogens is 355 g/mol. The summed E-state index contributed by atoms with van der Waals surface area (Å²) in [6.07, 6.45) is 1.95. The summed E-state index contributed by atoms with van der Waals surface area (Å²) >= 11 is 15.5. The average molecular weight is 369 g/mol. The molecule has 1 aromatic carbocycles. The van der Waals surface area contributed by atoms with Crippen LogP contribution in [0.4, 0.5) is 0 Å². The molecule has 0 aliphatic carbocycles. The topological polar surface area (TPSA) is 24.9 Å². The van der Waals surface area contributed by atoms with Crippen LogP contribution in [0.25, 0.3) is 9.75 Å². The summed E-state index contributed by atoms with van der Waals surface area (Å²) < 4.78 is 0. The van der Waals surface area contributed by atoms with Crippen molar-refractivity contribution in [2.24, 2.45) is 0 Å². The third-order valence-corrected chi connectivity index (χ3v) is 6.06. The molecule has 2 nitrogen and oxygen atoms in total. The van der Waals surface area contributed by atoms with Gasteiger partial charge in [-0.1, -0.05) is 29.3 Å². The Hall–Kier alpha value is -0.910. The molecule has 22 heavy (non-hydrogen) atoms. The lowest BCUT2D eigenvalue weighted by atomic mass is 10.2. The molecular formula is C16H14Cl2N2S2. The van der Waals surface area contributed by atoms with Crippen molar-refractivity contribution in [3.05, 3.63) is 62.0 Å². The van der Waals surface area contributed by atoms with E-state index in [1.54, 1.807) is 22.7 Å². The molecule has 1 N–H and O–H groups in total. The number of halogens is 2. The lowest BCUT2D eigenvalue weighted by Crippen LogP contribution is -2.12. The van der Waals surface area contributed by atoms with E-state index in [0.29, 0.717) is 10.0 Å². The smallest absolute Gasteiger partial charge is 0.107 e. The zero-order chi connectivity index (χ0) is 15.5. The fraction of sp³-hybridized carbons (Fsp3) is 0.188. The lowest BCUT2D eigenvalue weighted by Gasteiger charge is -2.04. The molecule has 3 rings (SSSR count). The quantitative estimate of drug-likeness (QED) is 0.617. The van der Waals surface area contributed by atoms with Crippen molar-refractivity contribution in [3.63, 3.8) is 0 Å². The molecule has 0 saturated heterocycles. The van der Waals surface area contributed by atoms with Gasteiger partial charge in [0.2, 0.25) is 0 Å². The molecule has 6 heteroatoms. The van der Waals surface area contributed by atoms with Crippen LogP contribution in [-0.4, -0.2) is 4.98 Å². The number of hydrogen-bond acceptors (Lipinski definition) is 4. The first-order valence-corrected chi connectivity index (χ1v) is 9.17. The number of aryl methyl sites for hydroxylation is 1. The molecule has 0 bridgehead atoms. The Morgan fingerprint density at radius 3 is 2.59 bits per heavy atom. The number of benzene rings is 1. The van der Waals surface area contributed by atoms with Crippen LogP contribution in [0.2, 0.25) is 10.0 Å². The van der Waals surface area contributed by atoms with Gasteiger partial charge in [0.05, 0.1) is 14.9 Å². The van der Waals surface area contributed by atoms with Gasteiger partial charge in [0.1, 0.15) is 5.01 Å². The van der Waals surface area contributed by atoms with Gasteiger partial charge in [-0.05, 0) is 36.8 Å². The van der Waals surface area contributed by atoms with E-state index >= 15 is 0 Å².